The van der Waals surface area contributed by atoms with Gasteiger partial charge in [0.05, 0.1) is 18.8 Å². The molecule has 0 unspecified atom stereocenters. The first-order chi connectivity index (χ1) is 17.3. The Labute approximate surface area is 226 Å². The number of methoxy groups -OCH3 is 1. The van der Waals surface area contributed by atoms with Crippen LogP contribution in [0.2, 0.25) is 0 Å². The number of hydrogen-bond acceptors (Lipinski definition) is 4. The highest BCUT2D eigenvalue weighted by Crippen LogP contribution is 2.31. The van der Waals surface area contributed by atoms with Crippen LogP contribution in [0.5, 0.6) is 11.5 Å². The van der Waals surface area contributed by atoms with Gasteiger partial charge < -0.3 is 20.9 Å². The predicted molar refractivity (Wildman–Crippen MR) is 159 cm³/mol. The molecular weight excluding hydrogens is 460 g/mol. The van der Waals surface area contributed by atoms with E-state index in [2.05, 4.69) is 46.8 Å². The summed E-state index contributed by atoms with van der Waals surface area (Å²) in [5, 5.41) is 14.3. The van der Waals surface area contributed by atoms with E-state index in [0.29, 0.717) is 12.8 Å². The molecule has 0 aliphatic rings. The van der Waals surface area contributed by atoms with Gasteiger partial charge >= 0.3 is 0 Å². The summed E-state index contributed by atoms with van der Waals surface area (Å²) in [6, 6.07) is 16.2. The van der Waals surface area contributed by atoms with Crippen molar-refractivity contribution in [3.05, 3.63) is 59.7 Å². The van der Waals surface area contributed by atoms with Crippen molar-refractivity contribution in [2.24, 2.45) is 16.9 Å². The molecule has 0 amide bonds. The van der Waals surface area contributed by atoms with E-state index >= 15 is 0 Å². The third-order valence-corrected chi connectivity index (χ3v) is 5.26. The first-order valence-electron chi connectivity index (χ1n) is 13.4. The van der Waals surface area contributed by atoms with Crippen LogP contribution in [0.3, 0.4) is 0 Å². The fourth-order valence-corrected chi connectivity index (χ4v) is 4.11. The highest BCUT2D eigenvalue weighted by molar-refractivity contribution is 5.77. The number of aryl methyl sites for hydroxylation is 2. The summed E-state index contributed by atoms with van der Waals surface area (Å²) < 4.78 is 11.2. The number of nitrogens with two attached hydrogens (primary N) is 2. The van der Waals surface area contributed by atoms with E-state index in [-0.39, 0.29) is 22.7 Å². The van der Waals surface area contributed by atoms with Crippen molar-refractivity contribution in [3.63, 3.8) is 0 Å². The maximum atomic E-state index is 7.22. The molecular formula is C31H52N4O2. The van der Waals surface area contributed by atoms with Crippen molar-refractivity contribution < 1.29 is 9.47 Å². The molecule has 0 aliphatic heterocycles. The zero-order chi connectivity index (χ0) is 28.5. The fourth-order valence-electron chi connectivity index (χ4n) is 4.11. The van der Waals surface area contributed by atoms with Crippen molar-refractivity contribution in [2.45, 2.75) is 99.0 Å². The van der Waals surface area contributed by atoms with Crippen molar-refractivity contribution in [2.75, 3.05) is 7.11 Å². The zero-order valence-corrected chi connectivity index (χ0v) is 24.5. The van der Waals surface area contributed by atoms with Crippen LogP contribution in [0.25, 0.3) is 0 Å². The second-order valence-corrected chi connectivity index (χ2v) is 10.8. The molecule has 208 valence electrons. The van der Waals surface area contributed by atoms with E-state index in [1.54, 1.807) is 7.11 Å². The van der Waals surface area contributed by atoms with Crippen LogP contribution < -0.4 is 20.9 Å². The van der Waals surface area contributed by atoms with E-state index in [1.165, 1.54) is 11.1 Å². The molecule has 0 radical (unpaired) electrons. The fraction of sp³-hybridized carbons (Fsp3) is 0.548. The van der Waals surface area contributed by atoms with E-state index in [0.717, 1.165) is 43.6 Å². The highest BCUT2D eigenvalue weighted by Gasteiger charge is 2.27. The molecule has 0 aromatic heterocycles. The SMILES string of the molecule is CC.CC(C)(C)CC(C)(C)Oc1ccc(CCCC(=N)N)cc1.COc1ccc(CCCC(=N)N)cc1. The number of rotatable bonds is 12. The molecule has 0 bridgehead atoms. The molecule has 0 saturated heterocycles. The molecule has 2 aromatic carbocycles. The summed E-state index contributed by atoms with van der Waals surface area (Å²) in [6.45, 7) is 15.0. The average Bonchev–Trinajstić information content (AvgIpc) is 2.80. The Morgan fingerprint density at radius 1 is 0.703 bits per heavy atom. The molecule has 2 aromatic rings. The van der Waals surface area contributed by atoms with Crippen molar-refractivity contribution >= 4 is 11.7 Å². The Hall–Kier alpha value is -3.02. The van der Waals surface area contributed by atoms with Gasteiger partial charge in [-0.05, 0) is 86.8 Å². The van der Waals surface area contributed by atoms with Crippen LogP contribution in [0.1, 0.15) is 91.7 Å². The van der Waals surface area contributed by atoms with E-state index < -0.39 is 0 Å². The second-order valence-electron chi connectivity index (χ2n) is 10.8. The topological polar surface area (TPSA) is 118 Å². The number of ether oxygens (including phenoxy) is 2. The lowest BCUT2D eigenvalue weighted by Gasteiger charge is -2.33. The Kier molecular flexibility index (Phi) is 16.0. The minimum Gasteiger partial charge on any atom is -0.497 e. The van der Waals surface area contributed by atoms with Gasteiger partial charge in [0, 0.05) is 12.8 Å². The molecule has 0 aliphatic carbocycles. The smallest absolute Gasteiger partial charge is 0.120 e. The quantitative estimate of drug-likeness (QED) is 0.174. The van der Waals surface area contributed by atoms with E-state index in [9.17, 15) is 0 Å². The van der Waals surface area contributed by atoms with Gasteiger partial charge in [0.1, 0.15) is 17.1 Å². The molecule has 2 rings (SSSR count). The molecule has 6 nitrogen and oxygen atoms in total. The summed E-state index contributed by atoms with van der Waals surface area (Å²) in [7, 11) is 1.66. The Morgan fingerprint density at radius 3 is 1.41 bits per heavy atom. The van der Waals surface area contributed by atoms with Crippen LogP contribution in [0.4, 0.5) is 0 Å². The lowest BCUT2D eigenvalue weighted by Crippen LogP contribution is -2.33. The Morgan fingerprint density at radius 2 is 1.08 bits per heavy atom. The predicted octanol–water partition coefficient (Wildman–Crippen LogP) is 7.52. The van der Waals surface area contributed by atoms with Gasteiger partial charge in [0.15, 0.2) is 0 Å². The summed E-state index contributed by atoms with van der Waals surface area (Å²) >= 11 is 0. The van der Waals surface area contributed by atoms with Crippen LogP contribution in [0, 0.1) is 16.2 Å². The molecule has 6 heteroatoms. The van der Waals surface area contributed by atoms with Crippen LogP contribution >= 0.6 is 0 Å². The van der Waals surface area contributed by atoms with Crippen molar-refractivity contribution in [3.8, 4) is 11.5 Å². The number of nitrogens with one attached hydrogen (secondary N) is 2. The van der Waals surface area contributed by atoms with Crippen LogP contribution in [0.15, 0.2) is 48.5 Å². The number of benzene rings is 2. The van der Waals surface area contributed by atoms with E-state index in [4.69, 9.17) is 31.8 Å². The lowest BCUT2D eigenvalue weighted by atomic mass is 9.83. The third-order valence-electron chi connectivity index (χ3n) is 5.26. The standard InChI is InChI=1S/C18H30N2O.C11H16N2O.C2H6/c1-17(2,3)13-18(4,5)21-15-11-9-14(10-12-15)7-6-8-16(19)20;1-14-10-7-5-9(6-8-10)3-2-4-11(12)13;1-2/h9-12H,6-8,13H2,1-5H3,(H3,19,20);5-8H,2-4H2,1H3,(H3,12,13);1-2H3. The summed E-state index contributed by atoms with van der Waals surface area (Å²) in [6.07, 6.45) is 6.10. The van der Waals surface area contributed by atoms with E-state index in [1.807, 2.05) is 50.2 Å². The third kappa shape index (κ3) is 18.0. The summed E-state index contributed by atoms with van der Waals surface area (Å²) in [4.78, 5) is 0. The highest BCUT2D eigenvalue weighted by atomic mass is 16.5. The number of amidine groups is 2. The average molecular weight is 513 g/mol. The van der Waals surface area contributed by atoms with Crippen LogP contribution in [-0.2, 0) is 12.8 Å². The Balaban J connectivity index is 0.000000702. The number of hydrogen-bond donors (Lipinski definition) is 4. The first-order valence-corrected chi connectivity index (χ1v) is 13.4. The maximum absolute atomic E-state index is 7.22. The monoisotopic (exact) mass is 512 g/mol. The van der Waals surface area contributed by atoms with Gasteiger partial charge in [-0.25, -0.2) is 0 Å². The molecule has 0 saturated carbocycles. The van der Waals surface area contributed by atoms with Gasteiger partial charge in [-0.15, -0.1) is 0 Å². The molecule has 6 N–H and O–H groups in total. The van der Waals surface area contributed by atoms with Gasteiger partial charge in [-0.1, -0.05) is 58.9 Å². The zero-order valence-electron chi connectivity index (χ0n) is 24.5. The Bertz CT molecular complexity index is 898. The lowest BCUT2D eigenvalue weighted by molar-refractivity contribution is 0.0622. The molecule has 37 heavy (non-hydrogen) atoms. The van der Waals surface area contributed by atoms with Gasteiger partial charge in [0.25, 0.3) is 0 Å². The maximum Gasteiger partial charge on any atom is 0.120 e. The molecule has 0 heterocycles. The second kappa shape index (κ2) is 17.4. The molecule has 0 fully saturated rings. The van der Waals surface area contributed by atoms with Gasteiger partial charge in [0.2, 0.25) is 0 Å². The van der Waals surface area contributed by atoms with Gasteiger partial charge in [-0.2, -0.15) is 0 Å². The molecule has 0 spiro atoms. The summed E-state index contributed by atoms with van der Waals surface area (Å²) in [5.74, 6) is 2.32. The van der Waals surface area contributed by atoms with Gasteiger partial charge in [-0.3, -0.25) is 10.8 Å². The normalized spacial score (nSPS) is 10.8. The van der Waals surface area contributed by atoms with Crippen LogP contribution in [-0.4, -0.2) is 24.4 Å². The minimum atomic E-state index is -0.172. The largest absolute Gasteiger partial charge is 0.497 e. The minimum absolute atomic E-state index is 0.172. The molecule has 0 atom stereocenters. The summed E-state index contributed by atoms with van der Waals surface area (Å²) in [5.41, 5.74) is 13.2. The van der Waals surface area contributed by atoms with Crippen molar-refractivity contribution in [1.82, 2.24) is 0 Å². The first kappa shape index (κ1) is 34.0. The van der Waals surface area contributed by atoms with Crippen molar-refractivity contribution in [1.29, 1.82) is 10.8 Å².